The van der Waals surface area contributed by atoms with Crippen molar-refractivity contribution in [1.82, 2.24) is 0 Å². The van der Waals surface area contributed by atoms with Crippen LogP contribution in [0.3, 0.4) is 0 Å². The standard InChI is InChI=1S/C23H41NO6/c1-5-6-7-8-9-10-11-12-13-14-15-16-17-24(18(2)21(25)26,19(3)22(27)28)20(4)23(29)30/h8-9,18-20H,5-7,10-17H2,1-4H3,(H2-,25,26,27,28,29,30)/p+1/b9-8+. The van der Waals surface area contributed by atoms with Gasteiger partial charge in [-0.2, -0.15) is 0 Å². The zero-order chi connectivity index (χ0) is 23.2. The Labute approximate surface area is 181 Å². The molecular formula is C23H42NO6+. The van der Waals surface area contributed by atoms with Gasteiger partial charge in [0.15, 0.2) is 18.1 Å². The monoisotopic (exact) mass is 428 g/mol. The summed E-state index contributed by atoms with van der Waals surface area (Å²) in [5.41, 5.74) is 0. The Morgan fingerprint density at radius 2 is 1.03 bits per heavy atom. The van der Waals surface area contributed by atoms with Crippen LogP contribution < -0.4 is 0 Å². The molecule has 0 aromatic rings. The van der Waals surface area contributed by atoms with Gasteiger partial charge in [-0.15, -0.1) is 0 Å². The summed E-state index contributed by atoms with van der Waals surface area (Å²) in [5.74, 6) is -3.53. The summed E-state index contributed by atoms with van der Waals surface area (Å²) in [4.78, 5) is 35.1. The molecular weight excluding hydrogens is 386 g/mol. The Bertz CT molecular complexity index is 510. The lowest BCUT2D eigenvalue weighted by Crippen LogP contribution is -2.70. The zero-order valence-corrected chi connectivity index (χ0v) is 19.2. The molecule has 0 aliphatic carbocycles. The molecule has 174 valence electrons. The predicted octanol–water partition coefficient (Wildman–Crippen LogP) is 4.70. The zero-order valence-electron chi connectivity index (χ0n) is 19.2. The van der Waals surface area contributed by atoms with Crippen molar-refractivity contribution in [3.63, 3.8) is 0 Å². The van der Waals surface area contributed by atoms with E-state index in [2.05, 4.69) is 19.1 Å². The van der Waals surface area contributed by atoms with Crippen molar-refractivity contribution >= 4 is 17.9 Å². The molecule has 0 heterocycles. The molecule has 0 radical (unpaired) electrons. The van der Waals surface area contributed by atoms with Crippen molar-refractivity contribution in [2.24, 2.45) is 0 Å². The molecule has 0 amide bonds. The number of hydrogen-bond acceptors (Lipinski definition) is 3. The number of hydrogen-bond donors (Lipinski definition) is 3. The number of nitrogens with zero attached hydrogens (tertiary/aromatic N) is 1. The van der Waals surface area contributed by atoms with E-state index < -0.39 is 40.5 Å². The maximum absolute atomic E-state index is 11.7. The Balaban J connectivity index is 4.73. The SMILES string of the molecule is CCCC/C=C/CCCCCCCC[N+](C(C)C(=O)O)(C(C)C(=O)O)C(C)C(=O)O. The van der Waals surface area contributed by atoms with Crippen LogP contribution in [0.4, 0.5) is 0 Å². The Morgan fingerprint density at radius 3 is 1.43 bits per heavy atom. The fourth-order valence-corrected chi connectivity index (χ4v) is 4.12. The smallest absolute Gasteiger partial charge is 0.362 e. The molecule has 7 heteroatoms. The second-order valence-corrected chi connectivity index (χ2v) is 8.28. The van der Waals surface area contributed by atoms with E-state index in [0.29, 0.717) is 6.42 Å². The lowest BCUT2D eigenvalue weighted by atomic mass is 10.00. The van der Waals surface area contributed by atoms with E-state index in [4.69, 9.17) is 0 Å². The molecule has 0 saturated carbocycles. The van der Waals surface area contributed by atoms with Gasteiger partial charge in [-0.25, -0.2) is 14.4 Å². The van der Waals surface area contributed by atoms with Crippen molar-refractivity contribution in [2.75, 3.05) is 6.54 Å². The Hall–Kier alpha value is -1.89. The molecule has 3 N–H and O–H groups in total. The van der Waals surface area contributed by atoms with Gasteiger partial charge in [0.25, 0.3) is 0 Å². The molecule has 0 spiro atoms. The minimum atomic E-state index is -1.18. The van der Waals surface area contributed by atoms with Crippen molar-refractivity contribution in [2.45, 2.75) is 110 Å². The molecule has 0 rings (SSSR count). The van der Waals surface area contributed by atoms with Crippen LogP contribution in [0.15, 0.2) is 12.2 Å². The molecule has 3 atom stereocenters. The molecule has 0 aromatic carbocycles. The molecule has 0 aliphatic heterocycles. The van der Waals surface area contributed by atoms with Crippen LogP contribution >= 0.6 is 0 Å². The normalized spacial score (nSPS) is 16.7. The first-order valence-corrected chi connectivity index (χ1v) is 11.3. The summed E-state index contributed by atoms with van der Waals surface area (Å²) in [7, 11) is 0. The Morgan fingerprint density at radius 1 is 0.667 bits per heavy atom. The molecule has 0 saturated heterocycles. The summed E-state index contributed by atoms with van der Waals surface area (Å²) in [6, 6.07) is -3.37. The predicted molar refractivity (Wildman–Crippen MR) is 117 cm³/mol. The van der Waals surface area contributed by atoms with Gasteiger partial charge in [-0.1, -0.05) is 51.2 Å². The summed E-state index contributed by atoms with van der Waals surface area (Å²) in [6.45, 7) is 6.64. The third-order valence-corrected chi connectivity index (χ3v) is 6.29. The van der Waals surface area contributed by atoms with Gasteiger partial charge < -0.3 is 15.3 Å². The molecule has 3 unspecified atom stereocenters. The molecule has 0 bridgehead atoms. The van der Waals surface area contributed by atoms with E-state index >= 15 is 0 Å². The van der Waals surface area contributed by atoms with Crippen LogP contribution in [0.25, 0.3) is 0 Å². The van der Waals surface area contributed by atoms with Gasteiger partial charge in [0.05, 0.1) is 6.54 Å². The van der Waals surface area contributed by atoms with Gasteiger partial charge in [-0.3, -0.25) is 4.48 Å². The van der Waals surface area contributed by atoms with Crippen molar-refractivity contribution in [3.8, 4) is 0 Å². The van der Waals surface area contributed by atoms with Crippen molar-refractivity contribution in [3.05, 3.63) is 12.2 Å². The van der Waals surface area contributed by atoms with Gasteiger partial charge in [0.2, 0.25) is 0 Å². The van der Waals surface area contributed by atoms with E-state index in [-0.39, 0.29) is 6.54 Å². The number of carboxylic acid groups (broad SMARTS) is 3. The average Bonchev–Trinajstić information content (AvgIpc) is 2.70. The summed E-state index contributed by atoms with van der Waals surface area (Å²) < 4.78 is -0.484. The van der Waals surface area contributed by atoms with Crippen LogP contribution in [0, 0.1) is 0 Å². The first-order valence-electron chi connectivity index (χ1n) is 11.3. The quantitative estimate of drug-likeness (QED) is 0.166. The van der Waals surface area contributed by atoms with Crippen LogP contribution in [0.2, 0.25) is 0 Å². The molecule has 30 heavy (non-hydrogen) atoms. The third-order valence-electron chi connectivity index (χ3n) is 6.29. The number of allylic oxidation sites excluding steroid dienone is 2. The van der Waals surface area contributed by atoms with Gasteiger partial charge in [-0.05, 0) is 52.9 Å². The lowest BCUT2D eigenvalue weighted by Gasteiger charge is -2.47. The highest BCUT2D eigenvalue weighted by Gasteiger charge is 2.52. The number of unbranched alkanes of at least 4 members (excludes halogenated alkanes) is 8. The van der Waals surface area contributed by atoms with Crippen molar-refractivity contribution < 1.29 is 34.2 Å². The fraction of sp³-hybridized carbons (Fsp3) is 0.783. The highest BCUT2D eigenvalue weighted by Crippen LogP contribution is 2.27. The second kappa shape index (κ2) is 15.0. The fourth-order valence-electron chi connectivity index (χ4n) is 4.12. The number of carbonyl (C=O) groups is 3. The average molecular weight is 429 g/mol. The number of quaternary nitrogens is 1. The van der Waals surface area contributed by atoms with Crippen LogP contribution in [-0.4, -0.2) is 62.4 Å². The highest BCUT2D eigenvalue weighted by atomic mass is 16.4. The summed E-state index contributed by atoms with van der Waals surface area (Å²) in [6.07, 6.45) is 14.9. The highest BCUT2D eigenvalue weighted by molar-refractivity contribution is 5.77. The summed E-state index contributed by atoms with van der Waals surface area (Å²) in [5, 5.41) is 28.7. The largest absolute Gasteiger partial charge is 0.477 e. The van der Waals surface area contributed by atoms with Gasteiger partial charge in [0, 0.05) is 0 Å². The molecule has 0 fully saturated rings. The molecule has 0 aliphatic rings. The maximum atomic E-state index is 11.7. The van der Waals surface area contributed by atoms with Crippen LogP contribution in [-0.2, 0) is 14.4 Å². The first-order chi connectivity index (χ1) is 14.1. The minimum Gasteiger partial charge on any atom is -0.477 e. The molecule has 7 nitrogen and oxygen atoms in total. The van der Waals surface area contributed by atoms with Crippen molar-refractivity contribution in [1.29, 1.82) is 0 Å². The topological polar surface area (TPSA) is 112 Å². The second-order valence-electron chi connectivity index (χ2n) is 8.28. The number of aliphatic carboxylic acids is 3. The van der Waals surface area contributed by atoms with E-state index in [1.165, 1.54) is 33.6 Å². The van der Waals surface area contributed by atoms with Crippen LogP contribution in [0.5, 0.6) is 0 Å². The van der Waals surface area contributed by atoms with E-state index in [1.807, 2.05) is 0 Å². The Kier molecular flexibility index (Phi) is 14.0. The maximum Gasteiger partial charge on any atom is 0.362 e. The number of carboxylic acids is 3. The third kappa shape index (κ3) is 8.86. The van der Waals surface area contributed by atoms with E-state index in [9.17, 15) is 29.7 Å². The summed E-state index contributed by atoms with van der Waals surface area (Å²) >= 11 is 0. The van der Waals surface area contributed by atoms with Gasteiger partial charge in [0.1, 0.15) is 0 Å². The van der Waals surface area contributed by atoms with Crippen LogP contribution in [0.1, 0.15) is 91.9 Å². The number of rotatable bonds is 18. The van der Waals surface area contributed by atoms with E-state index in [0.717, 1.165) is 44.9 Å². The molecule has 0 aromatic heterocycles. The van der Waals surface area contributed by atoms with E-state index in [1.54, 1.807) is 0 Å². The lowest BCUT2D eigenvalue weighted by molar-refractivity contribution is -0.968. The van der Waals surface area contributed by atoms with Gasteiger partial charge >= 0.3 is 17.9 Å². The first kappa shape index (κ1) is 28.1. The minimum absolute atomic E-state index is 0.217.